The zero-order valence-electron chi connectivity index (χ0n) is 15.1. The van der Waals surface area contributed by atoms with Crippen LogP contribution in [0.2, 0.25) is 0 Å². The fourth-order valence-electron chi connectivity index (χ4n) is 2.68. The maximum atomic E-state index is 12.0. The molecule has 0 fully saturated rings. The summed E-state index contributed by atoms with van der Waals surface area (Å²) in [6.45, 7) is -0.138. The number of hydrazone groups is 1. The van der Waals surface area contributed by atoms with Crippen LogP contribution < -0.4 is 19.6 Å². The highest BCUT2D eigenvalue weighted by Gasteiger charge is 2.08. The number of benzene rings is 3. The molecule has 0 bridgehead atoms. The number of methoxy groups -OCH3 is 2. The Hall–Kier alpha value is -3.54. The minimum atomic E-state index is -0.360. The van der Waals surface area contributed by atoms with Crippen LogP contribution in [0.1, 0.15) is 5.56 Å². The van der Waals surface area contributed by atoms with Crippen LogP contribution in [0.5, 0.6) is 17.2 Å². The fourth-order valence-corrected chi connectivity index (χ4v) is 2.68. The molecule has 0 aliphatic carbocycles. The Morgan fingerprint density at radius 1 is 0.963 bits per heavy atom. The lowest BCUT2D eigenvalue weighted by Crippen LogP contribution is -2.24. The van der Waals surface area contributed by atoms with E-state index in [1.807, 2.05) is 54.6 Å². The van der Waals surface area contributed by atoms with Crippen LogP contribution in [-0.4, -0.2) is 32.9 Å². The van der Waals surface area contributed by atoms with Gasteiger partial charge < -0.3 is 14.2 Å². The normalized spacial score (nSPS) is 10.7. The number of carbonyl (C=O) groups excluding carboxylic acids is 1. The lowest BCUT2D eigenvalue weighted by atomic mass is 10.1. The number of nitrogens with zero attached hydrogens (tertiary/aromatic N) is 1. The van der Waals surface area contributed by atoms with Crippen LogP contribution in [0, 0.1) is 0 Å². The molecule has 27 heavy (non-hydrogen) atoms. The lowest BCUT2D eigenvalue weighted by molar-refractivity contribution is -0.123. The third-order valence-corrected chi connectivity index (χ3v) is 3.93. The first-order valence-electron chi connectivity index (χ1n) is 8.36. The van der Waals surface area contributed by atoms with Crippen molar-refractivity contribution in [1.82, 2.24) is 5.43 Å². The molecule has 1 amide bonds. The Morgan fingerprint density at radius 2 is 1.70 bits per heavy atom. The Labute approximate surface area is 157 Å². The van der Waals surface area contributed by atoms with Gasteiger partial charge in [0.15, 0.2) is 18.1 Å². The SMILES string of the molecule is COc1cccc(/C=N\NC(=O)COc2cccc3ccccc23)c1OC. The van der Waals surface area contributed by atoms with Crippen molar-refractivity contribution in [3.8, 4) is 17.2 Å². The van der Waals surface area contributed by atoms with E-state index in [2.05, 4.69) is 10.5 Å². The van der Waals surface area contributed by atoms with Crippen molar-refractivity contribution in [1.29, 1.82) is 0 Å². The molecule has 0 saturated carbocycles. The van der Waals surface area contributed by atoms with E-state index in [9.17, 15) is 4.79 Å². The fraction of sp³-hybridized carbons (Fsp3) is 0.143. The number of amides is 1. The number of carbonyl (C=O) groups is 1. The topological polar surface area (TPSA) is 69.2 Å². The molecule has 3 aromatic rings. The number of hydrogen-bond acceptors (Lipinski definition) is 5. The van der Waals surface area contributed by atoms with E-state index in [1.54, 1.807) is 20.3 Å². The number of para-hydroxylation sites is 1. The average Bonchev–Trinajstić information content (AvgIpc) is 2.71. The highest BCUT2D eigenvalue weighted by atomic mass is 16.5. The van der Waals surface area contributed by atoms with Crippen LogP contribution in [0.3, 0.4) is 0 Å². The van der Waals surface area contributed by atoms with Crippen molar-refractivity contribution in [3.05, 3.63) is 66.2 Å². The molecule has 1 N–H and O–H groups in total. The van der Waals surface area contributed by atoms with Gasteiger partial charge in [0.05, 0.1) is 20.4 Å². The largest absolute Gasteiger partial charge is 0.493 e. The van der Waals surface area contributed by atoms with Crippen LogP contribution in [0.4, 0.5) is 0 Å². The molecule has 0 heterocycles. The van der Waals surface area contributed by atoms with Crippen molar-refractivity contribution < 1.29 is 19.0 Å². The lowest BCUT2D eigenvalue weighted by Gasteiger charge is -2.10. The summed E-state index contributed by atoms with van der Waals surface area (Å²) in [7, 11) is 3.11. The summed E-state index contributed by atoms with van der Waals surface area (Å²) in [4.78, 5) is 12.0. The van der Waals surface area contributed by atoms with Crippen LogP contribution in [-0.2, 0) is 4.79 Å². The second kappa shape index (κ2) is 8.71. The minimum absolute atomic E-state index is 0.138. The molecule has 3 aromatic carbocycles. The number of ether oxygens (including phenoxy) is 3. The third-order valence-electron chi connectivity index (χ3n) is 3.93. The zero-order chi connectivity index (χ0) is 19.1. The quantitative estimate of drug-likeness (QED) is 0.515. The Morgan fingerprint density at radius 3 is 2.52 bits per heavy atom. The maximum Gasteiger partial charge on any atom is 0.277 e. The standard InChI is InChI=1S/C21H20N2O4/c1-25-19-12-6-9-16(21(19)26-2)13-22-23-20(24)14-27-18-11-5-8-15-7-3-4-10-17(15)18/h3-13H,14H2,1-2H3,(H,23,24)/b22-13-. The summed E-state index contributed by atoms with van der Waals surface area (Å²) in [6, 6.07) is 19.0. The number of fused-ring (bicyclic) bond motifs is 1. The van der Waals surface area contributed by atoms with Gasteiger partial charge in [0, 0.05) is 10.9 Å². The van der Waals surface area contributed by atoms with Gasteiger partial charge in [-0.1, -0.05) is 42.5 Å². The highest BCUT2D eigenvalue weighted by Crippen LogP contribution is 2.29. The first-order chi connectivity index (χ1) is 13.2. The summed E-state index contributed by atoms with van der Waals surface area (Å²) in [5, 5.41) is 5.97. The minimum Gasteiger partial charge on any atom is -0.493 e. The van der Waals surface area contributed by atoms with Crippen molar-refractivity contribution in [2.75, 3.05) is 20.8 Å². The number of nitrogens with one attached hydrogen (secondary N) is 1. The predicted octanol–water partition coefficient (Wildman–Crippen LogP) is 3.39. The Balaban J connectivity index is 1.61. The van der Waals surface area contributed by atoms with Gasteiger partial charge in [-0.05, 0) is 23.6 Å². The summed E-state index contributed by atoms with van der Waals surface area (Å²) in [6.07, 6.45) is 1.50. The molecular weight excluding hydrogens is 344 g/mol. The summed E-state index contributed by atoms with van der Waals surface area (Å²) < 4.78 is 16.2. The first-order valence-corrected chi connectivity index (χ1v) is 8.36. The van der Waals surface area contributed by atoms with Crippen molar-refractivity contribution in [2.45, 2.75) is 0 Å². The maximum absolute atomic E-state index is 12.0. The number of hydrogen-bond donors (Lipinski definition) is 1. The average molecular weight is 364 g/mol. The molecule has 0 radical (unpaired) electrons. The van der Waals surface area contributed by atoms with Gasteiger partial charge in [-0.3, -0.25) is 4.79 Å². The van der Waals surface area contributed by atoms with E-state index in [4.69, 9.17) is 14.2 Å². The molecule has 0 aliphatic heterocycles. The van der Waals surface area contributed by atoms with Gasteiger partial charge >= 0.3 is 0 Å². The van der Waals surface area contributed by atoms with Gasteiger partial charge in [-0.2, -0.15) is 5.10 Å². The zero-order valence-corrected chi connectivity index (χ0v) is 15.1. The van der Waals surface area contributed by atoms with Gasteiger partial charge in [-0.25, -0.2) is 5.43 Å². The van der Waals surface area contributed by atoms with Crippen molar-refractivity contribution in [2.24, 2.45) is 5.10 Å². The molecular formula is C21H20N2O4. The van der Waals surface area contributed by atoms with Gasteiger partial charge in [0.25, 0.3) is 5.91 Å². The van der Waals surface area contributed by atoms with Gasteiger partial charge in [0.2, 0.25) is 0 Å². The third kappa shape index (κ3) is 4.36. The summed E-state index contributed by atoms with van der Waals surface area (Å²) in [5.41, 5.74) is 3.13. The smallest absolute Gasteiger partial charge is 0.277 e. The van der Waals surface area contributed by atoms with E-state index in [0.717, 1.165) is 10.8 Å². The molecule has 0 aliphatic rings. The molecule has 6 nitrogen and oxygen atoms in total. The summed E-state index contributed by atoms with van der Waals surface area (Å²) >= 11 is 0. The van der Waals surface area contributed by atoms with E-state index in [-0.39, 0.29) is 12.5 Å². The summed E-state index contributed by atoms with van der Waals surface area (Å²) in [5.74, 6) is 1.43. The van der Waals surface area contributed by atoms with Gasteiger partial charge in [0.1, 0.15) is 5.75 Å². The molecule has 138 valence electrons. The van der Waals surface area contributed by atoms with E-state index in [1.165, 1.54) is 6.21 Å². The molecule has 0 atom stereocenters. The number of rotatable bonds is 7. The monoisotopic (exact) mass is 364 g/mol. The van der Waals surface area contributed by atoms with E-state index >= 15 is 0 Å². The molecule has 0 saturated heterocycles. The molecule has 3 rings (SSSR count). The van der Waals surface area contributed by atoms with Crippen LogP contribution in [0.15, 0.2) is 65.8 Å². The molecule has 6 heteroatoms. The van der Waals surface area contributed by atoms with E-state index < -0.39 is 0 Å². The van der Waals surface area contributed by atoms with Gasteiger partial charge in [-0.15, -0.1) is 0 Å². The Kier molecular flexibility index (Phi) is 5.89. The Bertz CT molecular complexity index is 964. The van der Waals surface area contributed by atoms with E-state index in [0.29, 0.717) is 22.8 Å². The molecule has 0 aromatic heterocycles. The van der Waals surface area contributed by atoms with Crippen LogP contribution >= 0.6 is 0 Å². The van der Waals surface area contributed by atoms with Crippen molar-refractivity contribution >= 4 is 22.9 Å². The van der Waals surface area contributed by atoms with Crippen molar-refractivity contribution in [3.63, 3.8) is 0 Å². The molecule has 0 spiro atoms. The highest BCUT2D eigenvalue weighted by molar-refractivity contribution is 5.89. The van der Waals surface area contributed by atoms with Crippen LogP contribution in [0.25, 0.3) is 10.8 Å². The molecule has 0 unspecified atom stereocenters. The predicted molar refractivity (Wildman–Crippen MR) is 105 cm³/mol. The second-order valence-corrected chi connectivity index (χ2v) is 5.64. The first kappa shape index (κ1) is 18.3. The second-order valence-electron chi connectivity index (χ2n) is 5.64.